The topological polar surface area (TPSA) is 26.7 Å². The fourth-order valence-corrected chi connectivity index (χ4v) is 1.70. The van der Waals surface area contributed by atoms with Gasteiger partial charge in [0.2, 0.25) is 0 Å². The standard InChI is InChI=1S/C11H11F3N2O/c1-15-7-16(17)6-10(15)8-2-4-9(5-3-8)11(12,13)14/h2-6,17H,7H2,1H3. The maximum absolute atomic E-state index is 12.4. The number of hydrogen-bond donors (Lipinski definition) is 1. The lowest BCUT2D eigenvalue weighted by molar-refractivity contribution is -0.137. The van der Waals surface area contributed by atoms with E-state index in [1.165, 1.54) is 18.3 Å². The number of nitrogens with zero attached hydrogens (tertiary/aromatic N) is 2. The molecule has 0 bridgehead atoms. The first kappa shape index (κ1) is 11.8. The third-order valence-electron chi connectivity index (χ3n) is 2.55. The molecule has 0 saturated heterocycles. The van der Waals surface area contributed by atoms with Crippen LogP contribution in [0.5, 0.6) is 0 Å². The highest BCUT2D eigenvalue weighted by Crippen LogP contribution is 2.31. The molecule has 1 heterocycles. The van der Waals surface area contributed by atoms with Crippen molar-refractivity contribution >= 4 is 5.70 Å². The zero-order valence-corrected chi connectivity index (χ0v) is 9.07. The number of rotatable bonds is 1. The summed E-state index contributed by atoms with van der Waals surface area (Å²) in [6.07, 6.45) is -2.85. The van der Waals surface area contributed by atoms with E-state index in [9.17, 15) is 18.4 Å². The quantitative estimate of drug-likeness (QED) is 0.822. The highest BCUT2D eigenvalue weighted by Gasteiger charge is 2.30. The van der Waals surface area contributed by atoms with Gasteiger partial charge in [0.25, 0.3) is 0 Å². The van der Waals surface area contributed by atoms with Crippen LogP contribution in [0, 0.1) is 0 Å². The van der Waals surface area contributed by atoms with Gasteiger partial charge in [-0.25, -0.2) is 5.06 Å². The molecule has 1 aliphatic heterocycles. The molecule has 0 unspecified atom stereocenters. The van der Waals surface area contributed by atoms with Gasteiger partial charge in [-0.15, -0.1) is 0 Å². The van der Waals surface area contributed by atoms with Gasteiger partial charge in [-0.05, 0) is 17.7 Å². The Morgan fingerprint density at radius 2 is 1.76 bits per heavy atom. The van der Waals surface area contributed by atoms with Crippen molar-refractivity contribution in [3.63, 3.8) is 0 Å². The maximum Gasteiger partial charge on any atom is 0.416 e. The summed E-state index contributed by atoms with van der Waals surface area (Å²) in [5.74, 6) is 0. The van der Waals surface area contributed by atoms with Gasteiger partial charge in [-0.2, -0.15) is 13.2 Å². The summed E-state index contributed by atoms with van der Waals surface area (Å²) in [4.78, 5) is 1.74. The molecule has 0 aliphatic carbocycles. The lowest BCUT2D eigenvalue weighted by atomic mass is 10.1. The van der Waals surface area contributed by atoms with Gasteiger partial charge in [0.1, 0.15) is 6.67 Å². The van der Waals surface area contributed by atoms with Crippen LogP contribution in [-0.2, 0) is 6.18 Å². The molecular formula is C11H11F3N2O. The Labute approximate surface area is 96.3 Å². The normalized spacial score (nSPS) is 16.4. The summed E-state index contributed by atoms with van der Waals surface area (Å²) in [7, 11) is 1.75. The highest BCUT2D eigenvalue weighted by molar-refractivity contribution is 5.65. The summed E-state index contributed by atoms with van der Waals surface area (Å²) < 4.78 is 37.1. The van der Waals surface area contributed by atoms with Gasteiger partial charge in [0.05, 0.1) is 17.5 Å². The zero-order chi connectivity index (χ0) is 12.6. The van der Waals surface area contributed by atoms with Crippen molar-refractivity contribution in [3.8, 4) is 0 Å². The van der Waals surface area contributed by atoms with Crippen molar-refractivity contribution in [2.24, 2.45) is 0 Å². The molecule has 0 spiro atoms. The molecule has 92 valence electrons. The minimum Gasteiger partial charge on any atom is -0.353 e. The van der Waals surface area contributed by atoms with Crippen LogP contribution in [-0.4, -0.2) is 28.9 Å². The second-order valence-electron chi connectivity index (χ2n) is 3.87. The molecule has 6 heteroatoms. The van der Waals surface area contributed by atoms with Crippen LogP contribution in [0.4, 0.5) is 13.2 Å². The Morgan fingerprint density at radius 1 is 1.18 bits per heavy atom. The van der Waals surface area contributed by atoms with Gasteiger partial charge in [0, 0.05) is 7.05 Å². The van der Waals surface area contributed by atoms with Gasteiger partial charge in [-0.3, -0.25) is 5.21 Å². The first-order chi connectivity index (χ1) is 7.88. The summed E-state index contributed by atoms with van der Waals surface area (Å²) in [5, 5.41) is 10.2. The van der Waals surface area contributed by atoms with E-state index in [1.54, 1.807) is 11.9 Å². The third-order valence-corrected chi connectivity index (χ3v) is 2.55. The molecule has 1 aromatic rings. The fourth-order valence-electron chi connectivity index (χ4n) is 1.70. The molecular weight excluding hydrogens is 233 g/mol. The van der Waals surface area contributed by atoms with Gasteiger partial charge >= 0.3 is 6.18 Å². The molecule has 1 N–H and O–H groups in total. The van der Waals surface area contributed by atoms with E-state index in [0.29, 0.717) is 17.9 Å². The van der Waals surface area contributed by atoms with Crippen LogP contribution >= 0.6 is 0 Å². The number of hydrogen-bond acceptors (Lipinski definition) is 3. The van der Waals surface area contributed by atoms with Crippen LogP contribution in [0.2, 0.25) is 0 Å². The molecule has 0 fully saturated rings. The van der Waals surface area contributed by atoms with E-state index in [-0.39, 0.29) is 0 Å². The summed E-state index contributed by atoms with van der Waals surface area (Å²) >= 11 is 0. The molecule has 3 nitrogen and oxygen atoms in total. The van der Waals surface area contributed by atoms with Gasteiger partial charge in [0.15, 0.2) is 0 Å². The van der Waals surface area contributed by atoms with Crippen LogP contribution in [0.15, 0.2) is 30.5 Å². The van der Waals surface area contributed by atoms with Crippen molar-refractivity contribution in [3.05, 3.63) is 41.6 Å². The molecule has 1 aromatic carbocycles. The Bertz CT molecular complexity index is 439. The molecule has 0 radical (unpaired) electrons. The maximum atomic E-state index is 12.4. The van der Waals surface area contributed by atoms with Crippen molar-refractivity contribution in [2.75, 3.05) is 13.7 Å². The first-order valence-corrected chi connectivity index (χ1v) is 4.94. The number of hydroxylamine groups is 2. The monoisotopic (exact) mass is 244 g/mol. The van der Waals surface area contributed by atoms with Crippen molar-refractivity contribution in [2.45, 2.75) is 6.18 Å². The SMILES string of the molecule is CN1CN(O)C=C1c1ccc(C(F)(F)F)cc1. The molecule has 0 aromatic heterocycles. The van der Waals surface area contributed by atoms with Crippen LogP contribution in [0.25, 0.3) is 5.70 Å². The highest BCUT2D eigenvalue weighted by atomic mass is 19.4. The van der Waals surface area contributed by atoms with Gasteiger partial charge in [-0.1, -0.05) is 12.1 Å². The summed E-state index contributed by atoms with van der Waals surface area (Å²) in [6, 6.07) is 4.85. The molecule has 17 heavy (non-hydrogen) atoms. The van der Waals surface area contributed by atoms with Crippen molar-refractivity contribution in [1.29, 1.82) is 0 Å². The summed E-state index contributed by atoms with van der Waals surface area (Å²) in [5.41, 5.74) is 0.640. The lowest BCUT2D eigenvalue weighted by Gasteiger charge is -2.16. The van der Waals surface area contributed by atoms with Crippen molar-refractivity contribution in [1.82, 2.24) is 9.96 Å². The Kier molecular flexibility index (Phi) is 2.74. The van der Waals surface area contributed by atoms with E-state index >= 15 is 0 Å². The van der Waals surface area contributed by atoms with Crippen LogP contribution in [0.1, 0.15) is 11.1 Å². The second-order valence-corrected chi connectivity index (χ2v) is 3.87. The van der Waals surface area contributed by atoms with Crippen molar-refractivity contribution < 1.29 is 18.4 Å². The molecule has 0 atom stereocenters. The molecule has 0 saturated carbocycles. The molecule has 1 aliphatic rings. The zero-order valence-electron chi connectivity index (χ0n) is 9.07. The Morgan fingerprint density at radius 3 is 2.18 bits per heavy atom. The number of benzene rings is 1. The van der Waals surface area contributed by atoms with E-state index < -0.39 is 11.7 Å². The van der Waals surface area contributed by atoms with E-state index in [2.05, 4.69) is 0 Å². The smallest absolute Gasteiger partial charge is 0.353 e. The fraction of sp³-hybridized carbons (Fsp3) is 0.273. The minimum absolute atomic E-state index is 0.302. The molecule has 0 amide bonds. The van der Waals surface area contributed by atoms with Gasteiger partial charge < -0.3 is 4.90 Å². The summed E-state index contributed by atoms with van der Waals surface area (Å²) in [6.45, 7) is 0.302. The number of alkyl halides is 3. The van der Waals surface area contributed by atoms with E-state index in [1.807, 2.05) is 0 Å². The van der Waals surface area contributed by atoms with E-state index in [0.717, 1.165) is 17.2 Å². The minimum atomic E-state index is -4.32. The average Bonchev–Trinajstić information content (AvgIpc) is 2.57. The molecule has 2 rings (SSSR count). The number of halogens is 3. The first-order valence-electron chi connectivity index (χ1n) is 4.94. The predicted octanol–water partition coefficient (Wildman–Crippen LogP) is 2.60. The lowest BCUT2D eigenvalue weighted by Crippen LogP contribution is -2.20. The van der Waals surface area contributed by atoms with Crippen LogP contribution < -0.4 is 0 Å². The van der Waals surface area contributed by atoms with E-state index in [4.69, 9.17) is 0 Å². The predicted molar refractivity (Wildman–Crippen MR) is 55.7 cm³/mol. The second kappa shape index (κ2) is 3.96. The third kappa shape index (κ3) is 2.36. The Balaban J connectivity index is 2.28. The van der Waals surface area contributed by atoms with Crippen LogP contribution in [0.3, 0.4) is 0 Å². The largest absolute Gasteiger partial charge is 0.416 e. The Hall–Kier alpha value is -1.69. The average molecular weight is 244 g/mol.